The van der Waals surface area contributed by atoms with Crippen LogP contribution in [0.4, 0.5) is 10.1 Å². The Balaban J connectivity index is 1.92. The summed E-state index contributed by atoms with van der Waals surface area (Å²) in [6, 6.07) is 19.1. The molecule has 4 nitrogen and oxygen atoms in total. The molecule has 0 aliphatic carbocycles. The minimum atomic E-state index is -0.534. The van der Waals surface area contributed by atoms with Crippen LogP contribution in [-0.2, 0) is 11.4 Å². The van der Waals surface area contributed by atoms with Gasteiger partial charge in [0.15, 0.2) is 0 Å². The van der Waals surface area contributed by atoms with E-state index in [1.54, 1.807) is 42.5 Å². The van der Waals surface area contributed by atoms with Crippen LogP contribution in [0.2, 0.25) is 0 Å². The number of rotatable bonds is 6. The Bertz CT molecular complexity index is 1200. The fourth-order valence-corrected chi connectivity index (χ4v) is 4.18. The number of aryl methyl sites for hydroxylation is 1. The van der Waals surface area contributed by atoms with Crippen LogP contribution in [0.3, 0.4) is 0 Å². The van der Waals surface area contributed by atoms with Crippen molar-refractivity contribution >= 4 is 49.5 Å². The van der Waals surface area contributed by atoms with Crippen LogP contribution < -0.4 is 10.1 Å². The molecular formula is C24H17Br2FN2O2. The number of halogens is 3. The number of nitriles is 1. The van der Waals surface area contributed by atoms with Gasteiger partial charge in [-0.15, -0.1) is 0 Å². The summed E-state index contributed by atoms with van der Waals surface area (Å²) in [5.74, 6) is -0.515. The number of carbonyl (C=O) groups is 1. The number of carbonyl (C=O) groups excluding carboxylic acids is 1. The van der Waals surface area contributed by atoms with E-state index in [1.165, 1.54) is 12.1 Å². The van der Waals surface area contributed by atoms with E-state index in [4.69, 9.17) is 4.74 Å². The van der Waals surface area contributed by atoms with Crippen molar-refractivity contribution in [3.8, 4) is 11.8 Å². The normalized spacial score (nSPS) is 11.0. The van der Waals surface area contributed by atoms with Crippen LogP contribution in [0.1, 0.15) is 16.7 Å². The highest BCUT2D eigenvalue weighted by molar-refractivity contribution is 9.11. The van der Waals surface area contributed by atoms with Crippen molar-refractivity contribution in [3.05, 3.63) is 97.7 Å². The first-order chi connectivity index (χ1) is 14.9. The number of nitrogens with one attached hydrogen (secondary N) is 1. The van der Waals surface area contributed by atoms with Gasteiger partial charge in [-0.25, -0.2) is 4.39 Å². The summed E-state index contributed by atoms with van der Waals surface area (Å²) in [4.78, 5) is 12.7. The summed E-state index contributed by atoms with van der Waals surface area (Å²) in [6.07, 6.45) is 1.44. The van der Waals surface area contributed by atoms with Gasteiger partial charge in [0, 0.05) is 21.3 Å². The maximum Gasteiger partial charge on any atom is 0.266 e. The topological polar surface area (TPSA) is 62.1 Å². The van der Waals surface area contributed by atoms with Crippen molar-refractivity contribution < 1.29 is 13.9 Å². The molecule has 0 saturated heterocycles. The number of hydrogen-bond donors (Lipinski definition) is 1. The standard InChI is InChI=1S/C24H17Br2FN2O2/c1-15-6-2-5-9-22(15)29-24(30)18(13-28)10-17-11-19(25)12-20(26)23(17)31-14-16-7-3-4-8-21(16)27/h2-12H,14H2,1H3,(H,29,30)/b18-10+. The molecule has 1 amide bonds. The highest BCUT2D eigenvalue weighted by atomic mass is 79.9. The van der Waals surface area contributed by atoms with Crippen molar-refractivity contribution in [1.82, 2.24) is 0 Å². The van der Waals surface area contributed by atoms with Crippen molar-refractivity contribution in [2.45, 2.75) is 13.5 Å². The average molecular weight is 544 g/mol. The van der Waals surface area contributed by atoms with E-state index < -0.39 is 5.91 Å². The minimum Gasteiger partial charge on any atom is -0.487 e. The first-order valence-electron chi connectivity index (χ1n) is 9.23. The van der Waals surface area contributed by atoms with Crippen molar-refractivity contribution in [2.75, 3.05) is 5.32 Å². The Hall–Kier alpha value is -2.95. The third-order valence-corrected chi connectivity index (χ3v) is 5.47. The van der Waals surface area contributed by atoms with Crippen molar-refractivity contribution in [3.63, 3.8) is 0 Å². The number of ether oxygens (including phenoxy) is 1. The molecule has 0 unspecified atom stereocenters. The van der Waals surface area contributed by atoms with Gasteiger partial charge in [0.1, 0.15) is 29.8 Å². The third-order valence-electron chi connectivity index (χ3n) is 4.43. The fourth-order valence-electron chi connectivity index (χ4n) is 2.81. The predicted octanol–water partition coefficient (Wildman–Crippen LogP) is 6.78. The second-order valence-corrected chi connectivity index (χ2v) is 8.39. The van der Waals surface area contributed by atoms with Crippen LogP contribution in [-0.4, -0.2) is 5.91 Å². The first-order valence-corrected chi connectivity index (χ1v) is 10.8. The van der Waals surface area contributed by atoms with Crippen molar-refractivity contribution in [2.24, 2.45) is 0 Å². The summed E-state index contributed by atoms with van der Waals surface area (Å²) in [5, 5.41) is 12.3. The Morgan fingerprint density at radius 2 is 1.87 bits per heavy atom. The number of para-hydroxylation sites is 1. The lowest BCUT2D eigenvalue weighted by Gasteiger charge is -2.13. The van der Waals surface area contributed by atoms with Gasteiger partial charge in [0.2, 0.25) is 0 Å². The summed E-state index contributed by atoms with van der Waals surface area (Å²) in [5.41, 5.74) is 2.30. The van der Waals surface area contributed by atoms with Crippen molar-refractivity contribution in [1.29, 1.82) is 5.26 Å². The molecular weight excluding hydrogens is 527 g/mol. The number of amides is 1. The molecule has 0 aliphatic rings. The second-order valence-electron chi connectivity index (χ2n) is 6.62. The molecule has 0 atom stereocenters. The number of benzene rings is 3. The molecule has 156 valence electrons. The Morgan fingerprint density at radius 3 is 2.58 bits per heavy atom. The van der Waals surface area contributed by atoms with E-state index in [0.717, 1.165) is 10.0 Å². The van der Waals surface area contributed by atoms with Gasteiger partial charge in [-0.3, -0.25) is 4.79 Å². The molecule has 0 fully saturated rings. The molecule has 0 radical (unpaired) electrons. The van der Waals surface area contributed by atoms with E-state index in [2.05, 4.69) is 37.2 Å². The smallest absolute Gasteiger partial charge is 0.266 e. The Labute approximate surface area is 196 Å². The number of hydrogen-bond acceptors (Lipinski definition) is 3. The summed E-state index contributed by atoms with van der Waals surface area (Å²) in [6.45, 7) is 1.86. The maximum atomic E-state index is 14.0. The van der Waals surface area contributed by atoms with Gasteiger partial charge in [-0.1, -0.05) is 52.3 Å². The van der Waals surface area contributed by atoms with E-state index in [-0.39, 0.29) is 18.0 Å². The zero-order valence-corrected chi connectivity index (χ0v) is 19.6. The average Bonchev–Trinajstić information content (AvgIpc) is 2.74. The van der Waals surface area contributed by atoms with Crippen LogP contribution in [0.15, 0.2) is 75.2 Å². The van der Waals surface area contributed by atoms with Gasteiger partial charge < -0.3 is 10.1 Å². The maximum absolute atomic E-state index is 14.0. The molecule has 3 aromatic carbocycles. The highest BCUT2D eigenvalue weighted by Crippen LogP contribution is 2.35. The van der Waals surface area contributed by atoms with Crippen LogP contribution >= 0.6 is 31.9 Å². The predicted molar refractivity (Wildman–Crippen MR) is 126 cm³/mol. The van der Waals surface area contributed by atoms with Gasteiger partial charge in [-0.2, -0.15) is 5.26 Å². The Morgan fingerprint density at radius 1 is 1.16 bits per heavy atom. The first kappa shape index (κ1) is 22.7. The van der Waals surface area contributed by atoms with E-state index in [0.29, 0.717) is 27.0 Å². The van der Waals surface area contributed by atoms with Crippen LogP contribution in [0.25, 0.3) is 6.08 Å². The number of anilines is 1. The zero-order valence-electron chi connectivity index (χ0n) is 16.5. The van der Waals surface area contributed by atoms with Gasteiger partial charge in [-0.05, 0) is 58.8 Å². The molecule has 3 rings (SSSR count). The zero-order chi connectivity index (χ0) is 22.4. The summed E-state index contributed by atoms with van der Waals surface area (Å²) in [7, 11) is 0. The largest absolute Gasteiger partial charge is 0.487 e. The van der Waals surface area contributed by atoms with Crippen LogP contribution in [0, 0.1) is 24.1 Å². The molecule has 0 aromatic heterocycles. The molecule has 31 heavy (non-hydrogen) atoms. The quantitative estimate of drug-likeness (QED) is 0.275. The highest BCUT2D eigenvalue weighted by Gasteiger charge is 2.15. The molecule has 3 aromatic rings. The Kier molecular flexibility index (Phi) is 7.61. The molecule has 0 bridgehead atoms. The minimum absolute atomic E-state index is 0.00889. The number of nitrogens with zero attached hydrogens (tertiary/aromatic N) is 1. The molecule has 0 spiro atoms. The lowest BCUT2D eigenvalue weighted by molar-refractivity contribution is -0.112. The van der Waals surface area contributed by atoms with E-state index >= 15 is 0 Å². The van der Waals surface area contributed by atoms with Gasteiger partial charge in [0.25, 0.3) is 5.91 Å². The fraction of sp³-hybridized carbons (Fsp3) is 0.0833. The summed E-state index contributed by atoms with van der Waals surface area (Å²) >= 11 is 6.85. The molecule has 1 N–H and O–H groups in total. The molecule has 0 heterocycles. The van der Waals surface area contributed by atoms with E-state index in [9.17, 15) is 14.4 Å². The monoisotopic (exact) mass is 542 g/mol. The van der Waals surface area contributed by atoms with E-state index in [1.807, 2.05) is 25.1 Å². The third kappa shape index (κ3) is 5.81. The second kappa shape index (κ2) is 10.4. The van der Waals surface area contributed by atoms with Gasteiger partial charge >= 0.3 is 0 Å². The van der Waals surface area contributed by atoms with Gasteiger partial charge in [0.05, 0.1) is 4.47 Å². The lowest BCUT2D eigenvalue weighted by atomic mass is 10.1. The van der Waals surface area contributed by atoms with Crippen LogP contribution in [0.5, 0.6) is 5.75 Å². The molecule has 0 saturated carbocycles. The molecule has 7 heteroatoms. The summed E-state index contributed by atoms with van der Waals surface area (Å²) < 4.78 is 21.1. The SMILES string of the molecule is Cc1ccccc1NC(=O)/C(C#N)=C/c1cc(Br)cc(Br)c1OCc1ccccc1F. The lowest BCUT2D eigenvalue weighted by Crippen LogP contribution is -2.14. The molecule has 0 aliphatic heterocycles.